The van der Waals surface area contributed by atoms with E-state index in [2.05, 4.69) is 15.0 Å². The highest BCUT2D eigenvalue weighted by Gasteiger charge is 2.38. The summed E-state index contributed by atoms with van der Waals surface area (Å²) in [5, 5.41) is 0. The van der Waals surface area contributed by atoms with E-state index in [1.807, 2.05) is 60.3 Å². The molecule has 1 aliphatic heterocycles. The number of benzene rings is 1. The number of carbonyl (C=O) groups excluding carboxylic acids is 2. The minimum Gasteiger partial charge on any atom is -0.444 e. The zero-order chi connectivity index (χ0) is 34.1. The minimum absolute atomic E-state index is 0.00623. The van der Waals surface area contributed by atoms with Crippen LogP contribution < -0.4 is 10.6 Å². The van der Waals surface area contributed by atoms with Gasteiger partial charge in [0.25, 0.3) is 0 Å². The van der Waals surface area contributed by atoms with E-state index in [9.17, 15) is 9.59 Å². The molecule has 1 aliphatic rings. The Morgan fingerprint density at radius 1 is 1.13 bits per heavy atom. The van der Waals surface area contributed by atoms with Gasteiger partial charge in [-0.2, -0.15) is 0 Å². The molecule has 2 N–H and O–H groups in total. The number of aliphatic imine (C=N–C) groups is 1. The van der Waals surface area contributed by atoms with Crippen molar-refractivity contribution in [2.45, 2.75) is 79.0 Å². The lowest BCUT2D eigenvalue weighted by molar-refractivity contribution is -0.106. The lowest BCUT2D eigenvalue weighted by atomic mass is 10.0. The molecular weight excluding hydrogens is 592 g/mol. The van der Waals surface area contributed by atoms with Crippen molar-refractivity contribution in [3.63, 3.8) is 0 Å². The number of hydrogen-bond donors (Lipinski definition) is 1. The molecule has 0 aliphatic carbocycles. The van der Waals surface area contributed by atoms with E-state index in [4.69, 9.17) is 10.5 Å². The summed E-state index contributed by atoms with van der Waals surface area (Å²) in [6.45, 7) is 15.6. The Hall–Kier alpha value is -4.61. The Morgan fingerprint density at radius 2 is 1.78 bits per heavy atom. The van der Waals surface area contributed by atoms with Crippen LogP contribution in [0.1, 0.15) is 71.2 Å². The minimum atomic E-state index is -0.845. The third-order valence-corrected chi connectivity index (χ3v) is 7.85. The molecule has 2 atom stereocenters. The van der Waals surface area contributed by atoms with Crippen LogP contribution in [-0.2, 0) is 9.53 Å². The number of amides is 2. The highest BCUT2D eigenvalue weighted by atomic mass is 19.1. The quantitative estimate of drug-likeness (QED) is 0.143. The number of pyridine rings is 2. The molecule has 0 saturated carbocycles. The number of carbonyl (C=O) groups is 2. The molecule has 2 aromatic heterocycles. The molecule has 0 spiro atoms. The fourth-order valence-corrected chi connectivity index (χ4v) is 5.71. The second kappa shape index (κ2) is 13.4. The van der Waals surface area contributed by atoms with E-state index < -0.39 is 23.3 Å². The maximum atomic E-state index is 16.1. The van der Waals surface area contributed by atoms with Crippen molar-refractivity contribution in [1.82, 2.24) is 19.8 Å². The molecule has 2 amide bonds. The van der Waals surface area contributed by atoms with Crippen LogP contribution >= 0.6 is 0 Å². The molecule has 1 saturated heterocycles. The predicted octanol–water partition coefficient (Wildman–Crippen LogP) is 6.44. The van der Waals surface area contributed by atoms with Gasteiger partial charge >= 0.3 is 6.09 Å². The maximum absolute atomic E-state index is 16.1. The van der Waals surface area contributed by atoms with Crippen molar-refractivity contribution in [3.8, 4) is 11.3 Å². The van der Waals surface area contributed by atoms with E-state index in [0.29, 0.717) is 36.7 Å². The van der Waals surface area contributed by atoms with Gasteiger partial charge in [0.2, 0.25) is 6.41 Å². The van der Waals surface area contributed by atoms with Crippen molar-refractivity contribution >= 4 is 35.5 Å². The number of rotatable bonds is 6. The Labute approximate surface area is 269 Å². The zero-order valence-electron chi connectivity index (χ0n) is 27.9. The van der Waals surface area contributed by atoms with Crippen LogP contribution in [0.5, 0.6) is 0 Å². The third-order valence-electron chi connectivity index (χ3n) is 7.85. The first-order valence-electron chi connectivity index (χ1n) is 15.3. The summed E-state index contributed by atoms with van der Waals surface area (Å²) >= 11 is 0. The van der Waals surface area contributed by atoms with Crippen LogP contribution in [0.3, 0.4) is 0 Å². The average molecular weight is 636 g/mol. The number of halogens is 2. The van der Waals surface area contributed by atoms with Crippen LogP contribution in [-0.4, -0.2) is 75.9 Å². The van der Waals surface area contributed by atoms with Crippen molar-refractivity contribution in [1.29, 1.82) is 0 Å². The van der Waals surface area contributed by atoms with Gasteiger partial charge in [0, 0.05) is 44.1 Å². The number of ether oxygens (including phenoxy) is 1. The van der Waals surface area contributed by atoms with Crippen molar-refractivity contribution in [2.75, 3.05) is 30.8 Å². The molecule has 0 bridgehead atoms. The van der Waals surface area contributed by atoms with Crippen LogP contribution in [0.4, 0.5) is 30.8 Å². The van der Waals surface area contributed by atoms with E-state index in [1.165, 1.54) is 29.2 Å². The van der Waals surface area contributed by atoms with E-state index >= 15 is 8.78 Å². The van der Waals surface area contributed by atoms with Gasteiger partial charge < -0.3 is 20.3 Å². The smallest absolute Gasteiger partial charge is 0.410 e. The monoisotopic (exact) mass is 635 g/mol. The second-order valence-corrected chi connectivity index (χ2v) is 12.9. The highest BCUT2D eigenvalue weighted by molar-refractivity contribution is 6.07. The Bertz CT molecular complexity index is 1630. The summed E-state index contributed by atoms with van der Waals surface area (Å²) in [7, 11) is 1.57. The first-order valence-corrected chi connectivity index (χ1v) is 15.3. The Balaban J connectivity index is 1.92. The van der Waals surface area contributed by atoms with Gasteiger partial charge in [0.15, 0.2) is 11.6 Å². The number of nitrogens with zero attached hydrogens (tertiary/aromatic N) is 6. The van der Waals surface area contributed by atoms with Crippen LogP contribution in [0.2, 0.25) is 0 Å². The lowest BCUT2D eigenvalue weighted by Gasteiger charge is -2.45. The maximum Gasteiger partial charge on any atom is 0.410 e. The second-order valence-electron chi connectivity index (χ2n) is 12.9. The summed E-state index contributed by atoms with van der Waals surface area (Å²) < 4.78 is 36.9. The van der Waals surface area contributed by atoms with E-state index in [0.717, 1.165) is 5.56 Å². The SMILES string of the molecule is C/N=C(\c1cc(F)c(-c2c(N)cccc2F)nc1N(C=O)c1c(C)ccnc1C(C)C)N1C[C@@H](C)N(C(=O)OC(C)(C)C)CC1C. The van der Waals surface area contributed by atoms with Crippen LogP contribution in [0.15, 0.2) is 41.5 Å². The molecule has 0 radical (unpaired) electrons. The van der Waals surface area contributed by atoms with E-state index in [-0.39, 0.29) is 46.3 Å². The number of amidine groups is 1. The number of nitrogen functional groups attached to an aromatic ring is 1. The Morgan fingerprint density at radius 3 is 2.37 bits per heavy atom. The topological polar surface area (TPSA) is 117 Å². The van der Waals surface area contributed by atoms with Crippen LogP contribution in [0.25, 0.3) is 11.3 Å². The number of piperazine rings is 1. The molecule has 1 unspecified atom stereocenters. The van der Waals surface area contributed by atoms with Crippen LogP contribution in [0, 0.1) is 18.6 Å². The molecule has 3 aromatic rings. The fourth-order valence-electron chi connectivity index (χ4n) is 5.71. The molecule has 1 fully saturated rings. The largest absolute Gasteiger partial charge is 0.444 e. The van der Waals surface area contributed by atoms with Gasteiger partial charge in [-0.05, 0) is 77.3 Å². The number of aromatic nitrogens is 2. The summed E-state index contributed by atoms with van der Waals surface area (Å²) in [6, 6.07) is 6.46. The Kier molecular flexibility index (Phi) is 9.98. The molecule has 12 heteroatoms. The van der Waals surface area contributed by atoms with Crippen molar-refractivity contribution in [3.05, 3.63) is 65.0 Å². The molecule has 10 nitrogen and oxygen atoms in total. The van der Waals surface area contributed by atoms with E-state index in [1.54, 1.807) is 24.2 Å². The fraction of sp³-hybridized carbons (Fsp3) is 0.441. The summed E-state index contributed by atoms with van der Waals surface area (Å²) in [5.41, 5.74) is 6.93. The molecule has 1 aromatic carbocycles. The number of aryl methyl sites for hydroxylation is 1. The van der Waals surface area contributed by atoms with Gasteiger partial charge in [-0.1, -0.05) is 19.9 Å². The number of hydrogen-bond acceptors (Lipinski definition) is 7. The van der Waals surface area contributed by atoms with Gasteiger partial charge in [0.1, 0.15) is 22.9 Å². The first-order chi connectivity index (χ1) is 21.6. The standard InChI is InChI=1S/C34H43F2N7O3/c1-19(2)28-30(20(3)13-14-39-28)43(18-44)32-23(15-25(36)29(40-32)27-24(35)11-10-12-26(27)37)31(38-9)41-16-22(5)42(17-21(41)4)33(45)46-34(6,7)8/h10-15,18-19,21-22H,16-17,37H2,1-9H3/b38-31+/t21?,22-/m1/s1. The van der Waals surface area contributed by atoms with Gasteiger partial charge in [-0.3, -0.25) is 19.7 Å². The molecule has 46 heavy (non-hydrogen) atoms. The van der Waals surface area contributed by atoms with Gasteiger partial charge in [-0.15, -0.1) is 0 Å². The van der Waals surface area contributed by atoms with Crippen molar-refractivity contribution < 1.29 is 23.1 Å². The summed E-state index contributed by atoms with van der Waals surface area (Å²) in [5.74, 6) is -1.31. The number of anilines is 3. The van der Waals surface area contributed by atoms with Gasteiger partial charge in [0.05, 0.1) is 22.5 Å². The van der Waals surface area contributed by atoms with Crippen molar-refractivity contribution in [2.24, 2.45) is 4.99 Å². The van der Waals surface area contributed by atoms with Gasteiger partial charge in [-0.25, -0.2) is 18.6 Å². The molecule has 4 rings (SSSR count). The molecule has 246 valence electrons. The normalized spacial score (nSPS) is 17.3. The number of nitrogens with two attached hydrogens (primary N) is 1. The average Bonchev–Trinajstić information content (AvgIpc) is 2.96. The third kappa shape index (κ3) is 6.80. The lowest BCUT2D eigenvalue weighted by Crippen LogP contribution is -2.60. The molecular formula is C34H43F2N7O3. The summed E-state index contributed by atoms with van der Waals surface area (Å²) in [4.78, 5) is 44.7. The predicted molar refractivity (Wildman–Crippen MR) is 176 cm³/mol. The zero-order valence-corrected chi connectivity index (χ0v) is 27.9. The summed E-state index contributed by atoms with van der Waals surface area (Å²) in [6.07, 6.45) is 1.82. The first kappa shape index (κ1) is 34.3. The highest BCUT2D eigenvalue weighted by Crippen LogP contribution is 2.39. The molecule has 3 heterocycles.